The Bertz CT molecular complexity index is 958. The van der Waals surface area contributed by atoms with E-state index >= 15 is 0 Å². The van der Waals surface area contributed by atoms with Crippen molar-refractivity contribution in [3.8, 4) is 5.75 Å². The third-order valence-electron chi connectivity index (χ3n) is 5.09. The minimum Gasteiger partial charge on any atom is -0.490 e. The lowest BCUT2D eigenvalue weighted by Gasteiger charge is -2.27. The predicted octanol–water partition coefficient (Wildman–Crippen LogP) is 1.67. The molecule has 12 heteroatoms. The van der Waals surface area contributed by atoms with Crippen LogP contribution in [0.15, 0.2) is 23.3 Å². The van der Waals surface area contributed by atoms with Crippen LogP contribution in [0.2, 0.25) is 0 Å². The molecule has 4 rings (SSSR count). The van der Waals surface area contributed by atoms with Gasteiger partial charge in [-0.3, -0.25) is 10.1 Å². The summed E-state index contributed by atoms with van der Waals surface area (Å²) < 4.78 is 10.6. The van der Waals surface area contributed by atoms with Gasteiger partial charge < -0.3 is 19.3 Å². The topological polar surface area (TPSA) is 131 Å². The molecule has 31 heavy (non-hydrogen) atoms. The van der Waals surface area contributed by atoms with Crippen LogP contribution in [-0.2, 0) is 4.74 Å². The number of hydrogen-bond acceptors (Lipinski definition) is 11. The fraction of sp³-hybridized carbons (Fsp3) is 0.474. The number of nitrogens with zero attached hydrogens (tertiary/aromatic N) is 7. The van der Waals surface area contributed by atoms with E-state index in [1.54, 1.807) is 12.1 Å². The molecule has 2 fully saturated rings. The molecule has 2 aliphatic heterocycles. The quantitative estimate of drug-likeness (QED) is 0.395. The number of para-hydroxylation sites is 1. The van der Waals surface area contributed by atoms with Gasteiger partial charge in [-0.15, -0.1) is 0 Å². The van der Waals surface area contributed by atoms with Crippen LogP contribution in [0.5, 0.6) is 5.75 Å². The molecule has 1 aromatic heterocycles. The molecular formula is C19H24N8O4. The van der Waals surface area contributed by atoms with Crippen molar-refractivity contribution in [3.63, 3.8) is 0 Å². The largest absolute Gasteiger partial charge is 0.490 e. The fourth-order valence-corrected chi connectivity index (χ4v) is 3.54. The molecule has 1 N–H and O–H groups in total. The Labute approximate surface area is 179 Å². The third-order valence-corrected chi connectivity index (χ3v) is 5.09. The van der Waals surface area contributed by atoms with Crippen molar-refractivity contribution >= 4 is 29.7 Å². The summed E-state index contributed by atoms with van der Waals surface area (Å²) in [6.45, 7) is 4.46. The van der Waals surface area contributed by atoms with Gasteiger partial charge in [0.2, 0.25) is 23.6 Å². The number of nitro groups is 1. The van der Waals surface area contributed by atoms with Crippen LogP contribution >= 0.6 is 0 Å². The highest BCUT2D eigenvalue weighted by Crippen LogP contribution is 2.29. The molecule has 0 bridgehead atoms. The van der Waals surface area contributed by atoms with E-state index in [-0.39, 0.29) is 11.4 Å². The molecule has 0 saturated carbocycles. The number of morpholine rings is 1. The SMILES string of the molecule is COc1c(/C=N\Nc2nc(N3CCCC3)nc(N3CCOCC3)n2)cccc1[N+](=O)[O-]. The molecule has 3 heterocycles. The Morgan fingerprint density at radius 3 is 2.45 bits per heavy atom. The highest BCUT2D eigenvalue weighted by atomic mass is 16.6. The Morgan fingerprint density at radius 1 is 1.13 bits per heavy atom. The summed E-state index contributed by atoms with van der Waals surface area (Å²) in [6.07, 6.45) is 3.65. The van der Waals surface area contributed by atoms with Gasteiger partial charge in [0.15, 0.2) is 0 Å². The molecule has 0 spiro atoms. The minimum absolute atomic E-state index is 0.127. The molecule has 2 aromatic rings. The standard InChI is InChI=1S/C19H24N8O4/c1-30-16-14(5-4-6-15(16)27(28)29)13-20-24-17-21-18(25-7-2-3-8-25)23-19(22-17)26-9-11-31-12-10-26/h4-6,13H,2-3,7-12H2,1H3,(H,21,22,23,24)/b20-13-. The number of nitro benzene ring substituents is 1. The first kappa shape index (κ1) is 20.7. The van der Waals surface area contributed by atoms with E-state index < -0.39 is 4.92 Å². The monoisotopic (exact) mass is 428 g/mol. The zero-order valence-electron chi connectivity index (χ0n) is 17.2. The van der Waals surface area contributed by atoms with Crippen molar-refractivity contribution in [2.24, 2.45) is 5.10 Å². The number of aromatic nitrogens is 3. The Kier molecular flexibility index (Phi) is 6.36. The number of benzene rings is 1. The summed E-state index contributed by atoms with van der Waals surface area (Å²) in [6, 6.07) is 4.64. The van der Waals surface area contributed by atoms with E-state index in [4.69, 9.17) is 9.47 Å². The zero-order chi connectivity index (χ0) is 21.6. The van der Waals surface area contributed by atoms with E-state index in [0.717, 1.165) is 25.9 Å². The first-order chi connectivity index (χ1) is 15.2. The molecule has 0 unspecified atom stereocenters. The van der Waals surface area contributed by atoms with Gasteiger partial charge in [-0.05, 0) is 18.9 Å². The summed E-state index contributed by atoms with van der Waals surface area (Å²) in [5, 5.41) is 15.4. The van der Waals surface area contributed by atoms with Gasteiger partial charge in [-0.1, -0.05) is 6.07 Å². The second kappa shape index (κ2) is 9.51. The number of hydrogen-bond donors (Lipinski definition) is 1. The molecule has 2 saturated heterocycles. The van der Waals surface area contributed by atoms with Gasteiger partial charge in [0.05, 0.1) is 31.5 Å². The molecule has 0 atom stereocenters. The van der Waals surface area contributed by atoms with Crippen molar-refractivity contribution in [2.45, 2.75) is 12.8 Å². The van der Waals surface area contributed by atoms with Crippen LogP contribution in [-0.4, -0.2) is 72.6 Å². The first-order valence-corrected chi connectivity index (χ1v) is 10.1. The highest BCUT2D eigenvalue weighted by molar-refractivity contribution is 5.86. The minimum atomic E-state index is -0.494. The van der Waals surface area contributed by atoms with E-state index in [1.807, 2.05) is 0 Å². The summed E-state index contributed by atoms with van der Waals surface area (Å²) >= 11 is 0. The number of hydrazone groups is 1. The van der Waals surface area contributed by atoms with E-state index in [0.29, 0.717) is 49.7 Å². The summed E-state index contributed by atoms with van der Waals surface area (Å²) in [7, 11) is 1.38. The molecule has 164 valence electrons. The van der Waals surface area contributed by atoms with E-state index in [9.17, 15) is 10.1 Å². The average Bonchev–Trinajstić information content (AvgIpc) is 3.34. The van der Waals surface area contributed by atoms with Crippen LogP contribution < -0.4 is 20.0 Å². The average molecular weight is 428 g/mol. The van der Waals surface area contributed by atoms with Crippen molar-refractivity contribution in [3.05, 3.63) is 33.9 Å². The molecule has 0 amide bonds. The van der Waals surface area contributed by atoms with Gasteiger partial charge in [-0.2, -0.15) is 20.1 Å². The van der Waals surface area contributed by atoms with Crippen molar-refractivity contribution < 1.29 is 14.4 Å². The maximum Gasteiger partial charge on any atom is 0.311 e. The van der Waals surface area contributed by atoms with Crippen LogP contribution in [0, 0.1) is 10.1 Å². The summed E-state index contributed by atoms with van der Waals surface area (Å²) in [5.41, 5.74) is 3.17. The molecule has 2 aliphatic rings. The van der Waals surface area contributed by atoms with Crippen LogP contribution in [0.4, 0.5) is 23.5 Å². The Hall–Kier alpha value is -3.54. The van der Waals surface area contributed by atoms with Crippen molar-refractivity contribution in [1.82, 2.24) is 15.0 Å². The molecule has 12 nitrogen and oxygen atoms in total. The Balaban J connectivity index is 1.58. The molecular weight excluding hydrogens is 404 g/mol. The highest BCUT2D eigenvalue weighted by Gasteiger charge is 2.21. The number of anilines is 3. The van der Waals surface area contributed by atoms with Crippen LogP contribution in [0.1, 0.15) is 18.4 Å². The molecule has 1 aromatic carbocycles. The smallest absolute Gasteiger partial charge is 0.311 e. The number of rotatable bonds is 7. The van der Waals surface area contributed by atoms with Gasteiger partial charge in [-0.25, -0.2) is 5.43 Å². The second-order valence-corrected chi connectivity index (χ2v) is 7.08. The van der Waals surface area contributed by atoms with Gasteiger partial charge >= 0.3 is 5.69 Å². The number of ether oxygens (including phenoxy) is 2. The zero-order valence-corrected chi connectivity index (χ0v) is 17.2. The van der Waals surface area contributed by atoms with E-state index in [1.165, 1.54) is 19.4 Å². The van der Waals surface area contributed by atoms with Crippen molar-refractivity contribution in [1.29, 1.82) is 0 Å². The second-order valence-electron chi connectivity index (χ2n) is 7.08. The molecule has 0 radical (unpaired) electrons. The van der Waals surface area contributed by atoms with Crippen molar-refractivity contribution in [2.75, 3.05) is 61.7 Å². The predicted molar refractivity (Wildman–Crippen MR) is 115 cm³/mol. The maximum absolute atomic E-state index is 11.2. The normalized spacial score (nSPS) is 16.7. The Morgan fingerprint density at radius 2 is 1.81 bits per heavy atom. The van der Waals surface area contributed by atoms with Crippen LogP contribution in [0.3, 0.4) is 0 Å². The van der Waals surface area contributed by atoms with Gasteiger partial charge in [0.25, 0.3) is 0 Å². The summed E-state index contributed by atoms with van der Waals surface area (Å²) in [5.74, 6) is 1.63. The molecule has 0 aliphatic carbocycles. The number of nitrogens with one attached hydrogen (secondary N) is 1. The summed E-state index contributed by atoms with van der Waals surface area (Å²) in [4.78, 5) is 28.6. The lowest BCUT2D eigenvalue weighted by Crippen LogP contribution is -2.38. The van der Waals surface area contributed by atoms with Gasteiger partial charge in [0.1, 0.15) is 0 Å². The van der Waals surface area contributed by atoms with Crippen LogP contribution in [0.25, 0.3) is 0 Å². The lowest BCUT2D eigenvalue weighted by molar-refractivity contribution is -0.385. The third kappa shape index (κ3) is 4.79. The first-order valence-electron chi connectivity index (χ1n) is 10.1. The number of methoxy groups -OCH3 is 1. The fourth-order valence-electron chi connectivity index (χ4n) is 3.54. The van der Waals surface area contributed by atoms with E-state index in [2.05, 4.69) is 35.3 Å². The maximum atomic E-state index is 11.2. The van der Waals surface area contributed by atoms with Gasteiger partial charge in [0, 0.05) is 37.8 Å². The lowest BCUT2D eigenvalue weighted by atomic mass is 10.2.